The van der Waals surface area contributed by atoms with Gasteiger partial charge >= 0.3 is 6.36 Å². The average molecular weight is 441 g/mol. The summed E-state index contributed by atoms with van der Waals surface area (Å²) in [6, 6.07) is 5.27. The lowest BCUT2D eigenvalue weighted by Crippen LogP contribution is -2.29. The van der Waals surface area contributed by atoms with Gasteiger partial charge in [0.1, 0.15) is 11.4 Å². The number of primary amides is 1. The highest BCUT2D eigenvalue weighted by atomic mass is 19.4. The Balaban J connectivity index is 1.68. The number of carbonyl (C=O) groups excluding carboxylic acids is 2. The van der Waals surface area contributed by atoms with Crippen LogP contribution in [-0.2, 0) is 17.9 Å². The molecule has 0 unspecified atom stereocenters. The predicted octanol–water partition coefficient (Wildman–Crippen LogP) is 0.762. The van der Waals surface area contributed by atoms with Gasteiger partial charge in [-0.15, -0.1) is 18.3 Å². The molecular weight excluding hydrogens is 419 g/mol. The van der Waals surface area contributed by atoms with Gasteiger partial charge in [-0.1, -0.05) is 17.3 Å². The van der Waals surface area contributed by atoms with Crippen LogP contribution in [0.15, 0.2) is 42.4 Å². The van der Waals surface area contributed by atoms with Gasteiger partial charge in [-0.25, -0.2) is 0 Å². The van der Waals surface area contributed by atoms with Crippen LogP contribution in [0.5, 0.6) is 5.75 Å². The van der Waals surface area contributed by atoms with Gasteiger partial charge in [0, 0.05) is 25.8 Å². The standard InChI is InChI=1S/C18H22F3N7O3/c19-18(20,21)31-13-5-3-4-12(8-13)9-25-17(30)14(22)10-24-6-1-2-7-28-11-15(16(23)29)26-27-28/h3-5,8,10-11,24H,1-2,6-7,9,22H2,(H2,23,29)(H,25,30)/b14-10-. The molecule has 1 aromatic carbocycles. The predicted molar refractivity (Wildman–Crippen MR) is 103 cm³/mol. The lowest BCUT2D eigenvalue weighted by molar-refractivity contribution is -0.274. The highest BCUT2D eigenvalue weighted by Gasteiger charge is 2.31. The van der Waals surface area contributed by atoms with Gasteiger partial charge in [-0.05, 0) is 30.5 Å². The molecule has 0 saturated heterocycles. The Bertz CT molecular complexity index is 928. The lowest BCUT2D eigenvalue weighted by Gasteiger charge is -2.11. The van der Waals surface area contributed by atoms with Gasteiger partial charge in [-0.3, -0.25) is 14.3 Å². The molecule has 168 valence electrons. The number of amides is 2. The number of nitrogens with zero attached hydrogens (tertiary/aromatic N) is 3. The third kappa shape index (κ3) is 8.64. The van der Waals surface area contributed by atoms with Crippen molar-refractivity contribution in [1.29, 1.82) is 0 Å². The van der Waals surface area contributed by atoms with Gasteiger partial charge in [0.25, 0.3) is 11.8 Å². The highest BCUT2D eigenvalue weighted by molar-refractivity contribution is 5.92. The number of hydrogen-bond donors (Lipinski definition) is 4. The van der Waals surface area contributed by atoms with Crippen LogP contribution in [0.2, 0.25) is 0 Å². The van der Waals surface area contributed by atoms with Crippen molar-refractivity contribution in [2.75, 3.05) is 6.54 Å². The molecule has 1 aromatic heterocycles. The summed E-state index contributed by atoms with van der Waals surface area (Å²) in [7, 11) is 0. The van der Waals surface area contributed by atoms with Gasteiger partial charge < -0.3 is 26.8 Å². The normalized spacial score (nSPS) is 11.8. The lowest BCUT2D eigenvalue weighted by atomic mass is 10.2. The van der Waals surface area contributed by atoms with Crippen LogP contribution in [0.3, 0.4) is 0 Å². The third-order valence-electron chi connectivity index (χ3n) is 3.85. The molecule has 13 heteroatoms. The number of alkyl halides is 3. The van der Waals surface area contributed by atoms with Crippen LogP contribution < -0.4 is 26.8 Å². The topological polar surface area (TPSA) is 150 Å². The molecule has 2 rings (SSSR count). The first-order valence-electron chi connectivity index (χ1n) is 9.16. The Morgan fingerprint density at radius 2 is 2.00 bits per heavy atom. The summed E-state index contributed by atoms with van der Waals surface area (Å²) >= 11 is 0. The maximum atomic E-state index is 12.3. The monoisotopic (exact) mass is 441 g/mol. The number of nitrogens with two attached hydrogens (primary N) is 2. The maximum Gasteiger partial charge on any atom is 0.573 e. The first-order valence-corrected chi connectivity index (χ1v) is 9.16. The van der Waals surface area contributed by atoms with Crippen molar-refractivity contribution in [1.82, 2.24) is 25.6 Å². The molecule has 0 atom stereocenters. The smallest absolute Gasteiger partial charge is 0.406 e. The van der Waals surface area contributed by atoms with Gasteiger partial charge in [0.05, 0.1) is 6.20 Å². The fourth-order valence-corrected chi connectivity index (χ4v) is 2.41. The molecule has 2 aromatic rings. The van der Waals surface area contributed by atoms with E-state index in [1.54, 1.807) is 6.07 Å². The molecule has 6 N–H and O–H groups in total. The van der Waals surface area contributed by atoms with E-state index in [9.17, 15) is 22.8 Å². The summed E-state index contributed by atoms with van der Waals surface area (Å²) in [5.41, 5.74) is 11.2. The molecule has 0 spiro atoms. The van der Waals surface area contributed by atoms with Crippen molar-refractivity contribution >= 4 is 11.8 Å². The Hall–Kier alpha value is -3.77. The van der Waals surface area contributed by atoms with E-state index in [-0.39, 0.29) is 23.7 Å². The highest BCUT2D eigenvalue weighted by Crippen LogP contribution is 2.23. The minimum atomic E-state index is -4.79. The molecule has 2 amide bonds. The minimum Gasteiger partial charge on any atom is -0.406 e. The number of nitrogens with one attached hydrogen (secondary N) is 2. The number of ether oxygens (including phenoxy) is 1. The Kier molecular flexibility index (Phi) is 8.23. The fourth-order valence-electron chi connectivity index (χ4n) is 2.41. The third-order valence-corrected chi connectivity index (χ3v) is 3.85. The Morgan fingerprint density at radius 1 is 1.23 bits per heavy atom. The SMILES string of the molecule is NC(=O)c1cn(CCCCN/C=C(\N)C(=O)NCc2cccc(OC(F)(F)F)c2)nn1. The number of aryl methyl sites for hydroxylation is 1. The number of carbonyl (C=O) groups is 2. The number of hydrogen-bond acceptors (Lipinski definition) is 7. The van der Waals surface area contributed by atoms with E-state index in [0.29, 0.717) is 18.7 Å². The second-order valence-electron chi connectivity index (χ2n) is 6.37. The molecule has 1 heterocycles. The molecule has 10 nitrogen and oxygen atoms in total. The van der Waals surface area contributed by atoms with Crippen LogP contribution >= 0.6 is 0 Å². The molecule has 31 heavy (non-hydrogen) atoms. The molecule has 0 saturated carbocycles. The van der Waals surface area contributed by atoms with E-state index >= 15 is 0 Å². The number of aromatic nitrogens is 3. The van der Waals surface area contributed by atoms with Gasteiger partial charge in [-0.2, -0.15) is 0 Å². The van der Waals surface area contributed by atoms with Crippen molar-refractivity contribution in [2.45, 2.75) is 32.3 Å². The summed E-state index contributed by atoms with van der Waals surface area (Å²) in [6.45, 7) is 1.05. The zero-order chi connectivity index (χ0) is 22.9. The number of halogens is 3. The second-order valence-corrected chi connectivity index (χ2v) is 6.37. The van der Waals surface area contributed by atoms with Crippen LogP contribution in [-0.4, -0.2) is 39.7 Å². The van der Waals surface area contributed by atoms with E-state index in [4.69, 9.17) is 11.5 Å². The largest absolute Gasteiger partial charge is 0.573 e. The summed E-state index contributed by atoms with van der Waals surface area (Å²) in [4.78, 5) is 22.9. The molecule has 0 aliphatic rings. The van der Waals surface area contributed by atoms with Crippen molar-refractivity contribution in [2.24, 2.45) is 11.5 Å². The maximum absolute atomic E-state index is 12.3. The second kappa shape index (κ2) is 10.8. The fraction of sp³-hybridized carbons (Fsp3) is 0.333. The Labute approximate surface area is 175 Å². The van der Waals surface area contributed by atoms with E-state index in [2.05, 4.69) is 25.7 Å². The summed E-state index contributed by atoms with van der Waals surface area (Å²) < 4.78 is 42.1. The van der Waals surface area contributed by atoms with Gasteiger partial charge in [0.2, 0.25) is 0 Å². The number of unbranched alkanes of at least 4 members (excludes halogenated alkanes) is 1. The summed E-state index contributed by atoms with van der Waals surface area (Å²) in [5, 5.41) is 12.8. The summed E-state index contributed by atoms with van der Waals surface area (Å²) in [5.74, 6) is -1.59. The van der Waals surface area contributed by atoms with Crippen molar-refractivity contribution in [3.63, 3.8) is 0 Å². The van der Waals surface area contributed by atoms with E-state index in [1.807, 2.05) is 0 Å². The number of benzene rings is 1. The van der Waals surface area contributed by atoms with Crippen LogP contribution in [0.1, 0.15) is 28.9 Å². The molecular formula is C18H22F3N7O3. The molecule has 0 aliphatic carbocycles. The van der Waals surface area contributed by atoms with E-state index in [1.165, 1.54) is 29.2 Å². The van der Waals surface area contributed by atoms with Crippen LogP contribution in [0.4, 0.5) is 13.2 Å². The van der Waals surface area contributed by atoms with Crippen LogP contribution in [0, 0.1) is 0 Å². The first-order chi connectivity index (χ1) is 14.6. The van der Waals surface area contributed by atoms with Gasteiger partial charge in [0.15, 0.2) is 5.69 Å². The first kappa shape index (κ1) is 23.5. The van der Waals surface area contributed by atoms with Crippen molar-refractivity contribution in [3.05, 3.63) is 53.6 Å². The molecule has 0 radical (unpaired) electrons. The molecule has 0 bridgehead atoms. The van der Waals surface area contributed by atoms with Crippen molar-refractivity contribution in [3.8, 4) is 5.75 Å². The molecule has 0 aliphatic heterocycles. The molecule has 0 fully saturated rings. The Morgan fingerprint density at radius 3 is 2.68 bits per heavy atom. The average Bonchev–Trinajstić information content (AvgIpc) is 3.17. The zero-order valence-electron chi connectivity index (χ0n) is 16.4. The van der Waals surface area contributed by atoms with E-state index < -0.39 is 18.2 Å². The number of rotatable bonds is 11. The quantitative estimate of drug-likeness (QED) is 0.297. The van der Waals surface area contributed by atoms with Crippen LogP contribution in [0.25, 0.3) is 0 Å². The minimum absolute atomic E-state index is 0.0202. The van der Waals surface area contributed by atoms with E-state index in [0.717, 1.165) is 18.9 Å². The summed E-state index contributed by atoms with van der Waals surface area (Å²) in [6.07, 6.45) is -0.529. The zero-order valence-corrected chi connectivity index (χ0v) is 16.4. The van der Waals surface area contributed by atoms with Crippen molar-refractivity contribution < 1.29 is 27.5 Å².